The van der Waals surface area contributed by atoms with E-state index in [2.05, 4.69) is 10.6 Å². The van der Waals surface area contributed by atoms with Gasteiger partial charge in [0.1, 0.15) is 6.04 Å². The van der Waals surface area contributed by atoms with Crippen LogP contribution < -0.4 is 10.6 Å². The smallest absolute Gasteiger partial charge is 0.326 e. The molecule has 0 saturated carbocycles. The first-order valence-electron chi connectivity index (χ1n) is 5.58. The summed E-state index contributed by atoms with van der Waals surface area (Å²) >= 11 is 0. The van der Waals surface area contributed by atoms with E-state index in [1.54, 1.807) is 0 Å². The molecule has 0 bridgehead atoms. The van der Waals surface area contributed by atoms with Gasteiger partial charge < -0.3 is 10.6 Å². The Hall–Kier alpha value is -1.56. The van der Waals surface area contributed by atoms with E-state index in [0.29, 0.717) is 18.5 Å². The molecular formula is C12H13F3N2O. The summed E-state index contributed by atoms with van der Waals surface area (Å²) in [4.78, 5) is 11.2. The number of carbonyl (C=O) groups excluding carboxylic acids is 1. The topological polar surface area (TPSA) is 41.1 Å². The Kier molecular flexibility index (Phi) is 3.30. The first-order valence-corrected chi connectivity index (χ1v) is 5.58. The predicted octanol–water partition coefficient (Wildman–Crippen LogP) is 2.39. The van der Waals surface area contributed by atoms with E-state index >= 15 is 0 Å². The minimum Gasteiger partial charge on any atom is -0.326 e. The van der Waals surface area contributed by atoms with Gasteiger partial charge in [0.15, 0.2) is 0 Å². The SMILES string of the molecule is CNC(c1ccc2c(c1)CCC(=O)N2)C(F)(F)F. The summed E-state index contributed by atoms with van der Waals surface area (Å²) in [6, 6.07) is 2.74. The largest absolute Gasteiger partial charge is 0.407 e. The normalized spacial score (nSPS) is 17.0. The molecule has 0 aliphatic carbocycles. The minimum absolute atomic E-state index is 0.101. The van der Waals surface area contributed by atoms with Crippen molar-refractivity contribution in [3.63, 3.8) is 0 Å². The number of alkyl halides is 3. The maximum atomic E-state index is 12.8. The third-order valence-corrected chi connectivity index (χ3v) is 2.97. The van der Waals surface area contributed by atoms with Gasteiger partial charge in [0, 0.05) is 12.1 Å². The Morgan fingerprint density at radius 3 is 2.67 bits per heavy atom. The zero-order valence-electron chi connectivity index (χ0n) is 9.77. The van der Waals surface area contributed by atoms with E-state index in [9.17, 15) is 18.0 Å². The number of nitrogens with one attached hydrogen (secondary N) is 2. The number of amides is 1. The van der Waals surface area contributed by atoms with E-state index in [1.807, 2.05) is 0 Å². The van der Waals surface area contributed by atoms with E-state index < -0.39 is 12.2 Å². The number of halogens is 3. The van der Waals surface area contributed by atoms with Gasteiger partial charge in [-0.25, -0.2) is 0 Å². The average molecular weight is 258 g/mol. The van der Waals surface area contributed by atoms with Crippen LogP contribution in [-0.2, 0) is 11.2 Å². The van der Waals surface area contributed by atoms with Crippen LogP contribution in [0.15, 0.2) is 18.2 Å². The summed E-state index contributed by atoms with van der Waals surface area (Å²) in [6.07, 6.45) is -3.54. The quantitative estimate of drug-likeness (QED) is 0.855. The molecule has 0 radical (unpaired) electrons. The van der Waals surface area contributed by atoms with Crippen LogP contribution >= 0.6 is 0 Å². The number of aryl methyl sites for hydroxylation is 1. The lowest BCUT2D eigenvalue weighted by atomic mass is 9.97. The Morgan fingerprint density at radius 1 is 1.33 bits per heavy atom. The third-order valence-electron chi connectivity index (χ3n) is 2.97. The molecule has 18 heavy (non-hydrogen) atoms. The van der Waals surface area contributed by atoms with Crippen LogP contribution in [0.2, 0.25) is 0 Å². The third kappa shape index (κ3) is 2.48. The van der Waals surface area contributed by atoms with Gasteiger partial charge in [-0.15, -0.1) is 0 Å². The first-order chi connectivity index (χ1) is 8.41. The average Bonchev–Trinajstić information content (AvgIpc) is 2.28. The molecule has 0 spiro atoms. The molecule has 1 aliphatic heterocycles. The van der Waals surface area contributed by atoms with E-state index in [4.69, 9.17) is 0 Å². The molecule has 1 aromatic carbocycles. The van der Waals surface area contributed by atoms with Crippen molar-refractivity contribution < 1.29 is 18.0 Å². The number of hydrogen-bond acceptors (Lipinski definition) is 2. The molecular weight excluding hydrogens is 245 g/mol. The molecule has 1 aromatic rings. The van der Waals surface area contributed by atoms with Crippen LogP contribution in [-0.4, -0.2) is 19.1 Å². The fourth-order valence-corrected chi connectivity index (χ4v) is 2.10. The second kappa shape index (κ2) is 4.61. The molecule has 3 nitrogen and oxygen atoms in total. The van der Waals surface area contributed by atoms with Gasteiger partial charge in [-0.2, -0.15) is 13.2 Å². The van der Waals surface area contributed by atoms with E-state index in [1.165, 1.54) is 25.2 Å². The van der Waals surface area contributed by atoms with Crippen molar-refractivity contribution in [2.24, 2.45) is 0 Å². The standard InChI is InChI=1S/C12H13F3N2O/c1-16-11(12(13,14)15)8-2-4-9-7(6-8)3-5-10(18)17-9/h2,4,6,11,16H,3,5H2,1H3,(H,17,18). The Bertz CT molecular complexity index is 471. The number of hydrogen-bond donors (Lipinski definition) is 2. The number of fused-ring (bicyclic) bond motifs is 1. The summed E-state index contributed by atoms with van der Waals surface area (Å²) in [5, 5.41) is 4.90. The number of benzene rings is 1. The van der Waals surface area contributed by atoms with Crippen LogP contribution in [0.4, 0.5) is 18.9 Å². The summed E-state index contributed by atoms with van der Waals surface area (Å²) in [5.41, 5.74) is 1.52. The van der Waals surface area contributed by atoms with Crippen LogP contribution in [0, 0.1) is 0 Å². The molecule has 0 saturated heterocycles. The summed E-state index contributed by atoms with van der Waals surface area (Å²) in [5.74, 6) is -0.101. The van der Waals surface area contributed by atoms with Gasteiger partial charge in [0.05, 0.1) is 0 Å². The van der Waals surface area contributed by atoms with E-state index in [-0.39, 0.29) is 11.5 Å². The molecule has 0 fully saturated rings. The van der Waals surface area contributed by atoms with Crippen molar-refractivity contribution in [3.05, 3.63) is 29.3 Å². The maximum Gasteiger partial charge on any atom is 0.407 e. The number of rotatable bonds is 2. The Balaban J connectivity index is 2.34. The summed E-state index contributed by atoms with van der Waals surface area (Å²) in [7, 11) is 1.28. The zero-order valence-corrected chi connectivity index (χ0v) is 9.77. The van der Waals surface area contributed by atoms with Crippen molar-refractivity contribution in [2.45, 2.75) is 25.1 Å². The van der Waals surface area contributed by atoms with Gasteiger partial charge in [0.2, 0.25) is 5.91 Å². The summed E-state index contributed by atoms with van der Waals surface area (Å²) < 4.78 is 38.3. The van der Waals surface area contributed by atoms with Gasteiger partial charge >= 0.3 is 6.18 Å². The molecule has 0 aromatic heterocycles. The van der Waals surface area contributed by atoms with Crippen molar-refractivity contribution in [1.82, 2.24) is 5.32 Å². The van der Waals surface area contributed by atoms with Crippen LogP contribution in [0.25, 0.3) is 0 Å². The fraction of sp³-hybridized carbons (Fsp3) is 0.417. The van der Waals surface area contributed by atoms with Crippen LogP contribution in [0.5, 0.6) is 0 Å². The van der Waals surface area contributed by atoms with Crippen molar-refractivity contribution in [1.29, 1.82) is 0 Å². The highest BCUT2D eigenvalue weighted by atomic mass is 19.4. The Morgan fingerprint density at radius 2 is 2.06 bits per heavy atom. The molecule has 1 amide bonds. The van der Waals surface area contributed by atoms with Crippen molar-refractivity contribution in [2.75, 3.05) is 12.4 Å². The zero-order chi connectivity index (χ0) is 13.3. The monoisotopic (exact) mass is 258 g/mol. The molecule has 1 heterocycles. The highest BCUT2D eigenvalue weighted by molar-refractivity contribution is 5.93. The number of carbonyl (C=O) groups is 1. The van der Waals surface area contributed by atoms with Crippen molar-refractivity contribution in [3.8, 4) is 0 Å². The first kappa shape index (κ1) is 12.9. The molecule has 1 atom stereocenters. The second-order valence-corrected chi connectivity index (χ2v) is 4.23. The van der Waals surface area contributed by atoms with Gasteiger partial charge in [-0.3, -0.25) is 4.79 Å². The van der Waals surface area contributed by atoms with Crippen LogP contribution in [0.3, 0.4) is 0 Å². The molecule has 2 rings (SSSR count). The highest BCUT2D eigenvalue weighted by Gasteiger charge is 2.39. The Labute approximate surface area is 102 Å². The molecule has 98 valence electrons. The van der Waals surface area contributed by atoms with Crippen molar-refractivity contribution >= 4 is 11.6 Å². The molecule has 1 unspecified atom stereocenters. The number of anilines is 1. The highest BCUT2D eigenvalue weighted by Crippen LogP contribution is 2.34. The minimum atomic E-state index is -4.33. The van der Waals surface area contributed by atoms with E-state index in [0.717, 1.165) is 5.56 Å². The predicted molar refractivity (Wildman–Crippen MR) is 61.2 cm³/mol. The molecule has 2 N–H and O–H groups in total. The molecule has 1 aliphatic rings. The lowest BCUT2D eigenvalue weighted by Gasteiger charge is -2.23. The lowest BCUT2D eigenvalue weighted by Crippen LogP contribution is -2.32. The lowest BCUT2D eigenvalue weighted by molar-refractivity contribution is -0.156. The summed E-state index contributed by atoms with van der Waals surface area (Å²) in [6.45, 7) is 0. The molecule has 6 heteroatoms. The van der Waals surface area contributed by atoms with Gasteiger partial charge in [0.25, 0.3) is 0 Å². The fourth-order valence-electron chi connectivity index (χ4n) is 2.10. The van der Waals surface area contributed by atoms with Gasteiger partial charge in [-0.05, 0) is 30.7 Å². The van der Waals surface area contributed by atoms with Gasteiger partial charge in [-0.1, -0.05) is 12.1 Å². The maximum absolute atomic E-state index is 12.8. The van der Waals surface area contributed by atoms with Crippen LogP contribution in [0.1, 0.15) is 23.6 Å². The second-order valence-electron chi connectivity index (χ2n) is 4.23.